The number of benzene rings is 1. The van der Waals surface area contributed by atoms with Crippen LogP contribution in [-0.2, 0) is 11.2 Å². The van der Waals surface area contributed by atoms with E-state index in [4.69, 9.17) is 0 Å². The SMILES string of the molecule is CC1CC1C(=O)Nc1ccccc1NCCc1ccccn1. The summed E-state index contributed by atoms with van der Waals surface area (Å²) < 4.78 is 0. The highest BCUT2D eigenvalue weighted by molar-refractivity contribution is 5.97. The number of pyridine rings is 1. The highest BCUT2D eigenvalue weighted by atomic mass is 16.2. The standard InChI is InChI=1S/C18H21N3O/c1-13-12-15(13)18(22)21-17-8-3-2-7-16(17)20-11-9-14-6-4-5-10-19-14/h2-8,10,13,15,20H,9,11-12H2,1H3,(H,21,22). The zero-order valence-electron chi connectivity index (χ0n) is 12.8. The van der Waals surface area contributed by atoms with Crippen molar-refractivity contribution in [1.82, 2.24) is 4.98 Å². The number of para-hydroxylation sites is 2. The molecule has 0 spiro atoms. The number of nitrogens with one attached hydrogen (secondary N) is 2. The summed E-state index contributed by atoms with van der Waals surface area (Å²) in [6, 6.07) is 13.8. The summed E-state index contributed by atoms with van der Waals surface area (Å²) in [5, 5.41) is 6.42. The average Bonchev–Trinajstić information content (AvgIpc) is 3.27. The number of carbonyl (C=O) groups is 1. The molecule has 0 radical (unpaired) electrons. The molecule has 1 amide bonds. The number of anilines is 2. The molecular formula is C18H21N3O. The maximum atomic E-state index is 12.1. The van der Waals surface area contributed by atoms with Crippen molar-refractivity contribution in [2.75, 3.05) is 17.2 Å². The molecule has 22 heavy (non-hydrogen) atoms. The van der Waals surface area contributed by atoms with Crippen molar-refractivity contribution in [3.63, 3.8) is 0 Å². The second-order valence-electron chi connectivity index (χ2n) is 5.85. The number of rotatable bonds is 6. The van der Waals surface area contributed by atoms with Gasteiger partial charge in [-0.15, -0.1) is 0 Å². The van der Waals surface area contributed by atoms with E-state index in [0.29, 0.717) is 5.92 Å². The molecule has 2 aromatic rings. The normalized spacial score (nSPS) is 19.5. The van der Waals surface area contributed by atoms with E-state index < -0.39 is 0 Å². The number of hydrogen-bond acceptors (Lipinski definition) is 3. The van der Waals surface area contributed by atoms with Crippen LogP contribution in [0.5, 0.6) is 0 Å². The van der Waals surface area contributed by atoms with E-state index >= 15 is 0 Å². The first-order chi connectivity index (χ1) is 10.7. The highest BCUT2D eigenvalue weighted by Gasteiger charge is 2.39. The van der Waals surface area contributed by atoms with Crippen LogP contribution < -0.4 is 10.6 Å². The Labute approximate surface area is 131 Å². The van der Waals surface area contributed by atoms with E-state index in [1.165, 1.54) is 0 Å². The van der Waals surface area contributed by atoms with Gasteiger partial charge in [0.1, 0.15) is 0 Å². The summed E-state index contributed by atoms with van der Waals surface area (Å²) >= 11 is 0. The lowest BCUT2D eigenvalue weighted by atomic mass is 10.2. The Morgan fingerprint density at radius 3 is 2.59 bits per heavy atom. The van der Waals surface area contributed by atoms with Gasteiger partial charge in [0.05, 0.1) is 11.4 Å². The molecule has 1 heterocycles. The van der Waals surface area contributed by atoms with Crippen LogP contribution in [0.2, 0.25) is 0 Å². The molecule has 2 atom stereocenters. The largest absolute Gasteiger partial charge is 0.383 e. The first kappa shape index (κ1) is 14.6. The monoisotopic (exact) mass is 295 g/mol. The predicted octanol–water partition coefficient (Wildman–Crippen LogP) is 3.33. The van der Waals surface area contributed by atoms with Crippen molar-refractivity contribution < 1.29 is 4.79 Å². The number of hydrogen-bond donors (Lipinski definition) is 2. The Morgan fingerprint density at radius 2 is 1.91 bits per heavy atom. The Bertz CT molecular complexity index is 642. The van der Waals surface area contributed by atoms with Crippen molar-refractivity contribution in [2.45, 2.75) is 19.8 Å². The maximum absolute atomic E-state index is 12.1. The fourth-order valence-corrected chi connectivity index (χ4v) is 2.53. The molecule has 1 saturated carbocycles. The minimum Gasteiger partial charge on any atom is -0.383 e. The van der Waals surface area contributed by atoms with Gasteiger partial charge in [-0.05, 0) is 36.6 Å². The van der Waals surface area contributed by atoms with Crippen LogP contribution in [0.3, 0.4) is 0 Å². The second-order valence-corrected chi connectivity index (χ2v) is 5.85. The van der Waals surface area contributed by atoms with Gasteiger partial charge in [0.15, 0.2) is 0 Å². The van der Waals surface area contributed by atoms with Crippen LogP contribution in [-0.4, -0.2) is 17.4 Å². The van der Waals surface area contributed by atoms with Crippen molar-refractivity contribution in [3.05, 3.63) is 54.4 Å². The van der Waals surface area contributed by atoms with Crippen molar-refractivity contribution >= 4 is 17.3 Å². The molecule has 1 aliphatic rings. The third-order valence-corrected chi connectivity index (χ3v) is 4.05. The van der Waals surface area contributed by atoms with Crippen LogP contribution in [0, 0.1) is 11.8 Å². The van der Waals surface area contributed by atoms with E-state index in [-0.39, 0.29) is 11.8 Å². The molecule has 1 aromatic heterocycles. The number of carbonyl (C=O) groups excluding carboxylic acids is 1. The number of amides is 1. The van der Waals surface area contributed by atoms with Gasteiger partial charge in [-0.1, -0.05) is 25.1 Å². The van der Waals surface area contributed by atoms with E-state index in [1.54, 1.807) is 6.20 Å². The molecule has 0 aliphatic heterocycles. The molecular weight excluding hydrogens is 274 g/mol. The first-order valence-corrected chi connectivity index (χ1v) is 7.77. The third kappa shape index (κ3) is 3.64. The van der Waals surface area contributed by atoms with Gasteiger partial charge in [0, 0.05) is 30.8 Å². The van der Waals surface area contributed by atoms with Crippen LogP contribution in [0.15, 0.2) is 48.7 Å². The minimum atomic E-state index is 0.131. The van der Waals surface area contributed by atoms with E-state index in [1.807, 2.05) is 42.5 Å². The smallest absolute Gasteiger partial charge is 0.227 e. The summed E-state index contributed by atoms with van der Waals surface area (Å²) in [4.78, 5) is 16.4. The Morgan fingerprint density at radius 1 is 1.18 bits per heavy atom. The molecule has 4 heteroatoms. The van der Waals surface area contributed by atoms with Gasteiger partial charge in [-0.2, -0.15) is 0 Å². The average molecular weight is 295 g/mol. The van der Waals surface area contributed by atoms with Crippen molar-refractivity contribution in [3.8, 4) is 0 Å². The van der Waals surface area contributed by atoms with E-state index in [9.17, 15) is 4.79 Å². The van der Waals surface area contributed by atoms with Crippen molar-refractivity contribution in [2.24, 2.45) is 11.8 Å². The molecule has 2 unspecified atom stereocenters. The fraction of sp³-hybridized carbons (Fsp3) is 0.333. The lowest BCUT2D eigenvalue weighted by Crippen LogP contribution is -2.16. The zero-order chi connectivity index (χ0) is 15.4. The predicted molar refractivity (Wildman–Crippen MR) is 88.8 cm³/mol. The fourth-order valence-electron chi connectivity index (χ4n) is 2.53. The maximum Gasteiger partial charge on any atom is 0.227 e. The Kier molecular flexibility index (Phi) is 4.37. The molecule has 1 aromatic carbocycles. The molecule has 4 nitrogen and oxygen atoms in total. The molecule has 1 aliphatic carbocycles. The molecule has 0 saturated heterocycles. The van der Waals surface area contributed by atoms with E-state index in [2.05, 4.69) is 22.5 Å². The van der Waals surface area contributed by atoms with Crippen LogP contribution in [0.1, 0.15) is 19.0 Å². The van der Waals surface area contributed by atoms with Gasteiger partial charge in [0.25, 0.3) is 0 Å². The highest BCUT2D eigenvalue weighted by Crippen LogP contribution is 2.38. The minimum absolute atomic E-state index is 0.131. The molecule has 1 fully saturated rings. The Hall–Kier alpha value is -2.36. The second kappa shape index (κ2) is 6.60. The topological polar surface area (TPSA) is 54.0 Å². The first-order valence-electron chi connectivity index (χ1n) is 7.77. The lowest BCUT2D eigenvalue weighted by molar-refractivity contribution is -0.117. The van der Waals surface area contributed by atoms with Crippen LogP contribution in [0.25, 0.3) is 0 Å². The van der Waals surface area contributed by atoms with E-state index in [0.717, 1.165) is 36.5 Å². The summed E-state index contributed by atoms with van der Waals surface area (Å²) in [6.07, 6.45) is 3.66. The van der Waals surface area contributed by atoms with Gasteiger partial charge >= 0.3 is 0 Å². The number of aromatic nitrogens is 1. The van der Waals surface area contributed by atoms with Gasteiger partial charge in [0.2, 0.25) is 5.91 Å². The third-order valence-electron chi connectivity index (χ3n) is 4.05. The van der Waals surface area contributed by atoms with Crippen LogP contribution in [0.4, 0.5) is 11.4 Å². The summed E-state index contributed by atoms with van der Waals surface area (Å²) in [7, 11) is 0. The summed E-state index contributed by atoms with van der Waals surface area (Å²) in [5.74, 6) is 0.831. The zero-order valence-corrected chi connectivity index (χ0v) is 12.8. The lowest BCUT2D eigenvalue weighted by Gasteiger charge is -2.13. The quantitative estimate of drug-likeness (QED) is 0.859. The van der Waals surface area contributed by atoms with Gasteiger partial charge < -0.3 is 10.6 Å². The molecule has 2 N–H and O–H groups in total. The van der Waals surface area contributed by atoms with Crippen LogP contribution >= 0.6 is 0 Å². The molecule has 3 rings (SSSR count). The van der Waals surface area contributed by atoms with Gasteiger partial charge in [-0.25, -0.2) is 0 Å². The molecule has 0 bridgehead atoms. The van der Waals surface area contributed by atoms with Crippen molar-refractivity contribution in [1.29, 1.82) is 0 Å². The summed E-state index contributed by atoms with van der Waals surface area (Å²) in [5.41, 5.74) is 2.87. The Balaban J connectivity index is 1.58. The molecule has 114 valence electrons. The van der Waals surface area contributed by atoms with Gasteiger partial charge in [-0.3, -0.25) is 9.78 Å². The number of nitrogens with zero attached hydrogens (tertiary/aromatic N) is 1. The summed E-state index contributed by atoms with van der Waals surface area (Å²) in [6.45, 7) is 2.89.